The van der Waals surface area contributed by atoms with Gasteiger partial charge in [0.15, 0.2) is 0 Å². The van der Waals surface area contributed by atoms with Gasteiger partial charge >= 0.3 is 0 Å². The quantitative estimate of drug-likeness (QED) is 0.552. The molecule has 0 spiro atoms. The highest BCUT2D eigenvalue weighted by molar-refractivity contribution is 5.25. The van der Waals surface area contributed by atoms with Crippen LogP contribution < -0.4 is 0 Å². The summed E-state index contributed by atoms with van der Waals surface area (Å²) >= 11 is 0. The zero-order valence-electron chi connectivity index (χ0n) is 11.5. The van der Waals surface area contributed by atoms with Crippen LogP contribution in [0.2, 0.25) is 0 Å². The number of rotatable bonds is 8. The van der Waals surface area contributed by atoms with E-state index in [4.69, 9.17) is 0 Å². The van der Waals surface area contributed by atoms with Crippen LogP contribution in [0.3, 0.4) is 0 Å². The van der Waals surface area contributed by atoms with Crippen LogP contribution in [0.1, 0.15) is 64.4 Å². The van der Waals surface area contributed by atoms with Crippen LogP contribution in [-0.2, 0) is 5.41 Å². The maximum Gasteiger partial charge on any atom is -0.00470 e. The molecule has 0 heteroatoms. The molecule has 1 rings (SSSR count). The molecule has 0 aliphatic rings. The summed E-state index contributed by atoms with van der Waals surface area (Å²) in [5, 5.41) is 0. The second-order valence-electron chi connectivity index (χ2n) is 5.10. The summed E-state index contributed by atoms with van der Waals surface area (Å²) in [6.07, 6.45) is 8.79. The van der Waals surface area contributed by atoms with Crippen molar-refractivity contribution in [3.8, 4) is 0 Å². The standard InChI is InChI=1S/C17H27/c1-4-7-14-17(6-3,15-8-5-2)16-12-10-9-11-13-16/h9-13H,3-8,14-15H2,1-2H3. The summed E-state index contributed by atoms with van der Waals surface area (Å²) in [6.45, 7) is 8.79. The van der Waals surface area contributed by atoms with E-state index >= 15 is 0 Å². The van der Waals surface area contributed by atoms with Crippen molar-refractivity contribution < 1.29 is 0 Å². The van der Waals surface area contributed by atoms with Gasteiger partial charge in [0.25, 0.3) is 0 Å². The van der Waals surface area contributed by atoms with Crippen LogP contribution >= 0.6 is 0 Å². The van der Waals surface area contributed by atoms with Crippen molar-refractivity contribution in [3.05, 3.63) is 42.8 Å². The predicted octanol–water partition coefficient (Wildman–Crippen LogP) is 5.53. The lowest BCUT2D eigenvalue weighted by Crippen LogP contribution is -2.25. The third-order valence-electron chi connectivity index (χ3n) is 3.88. The van der Waals surface area contributed by atoms with Gasteiger partial charge in [-0.1, -0.05) is 76.8 Å². The second-order valence-corrected chi connectivity index (χ2v) is 5.10. The molecule has 0 saturated carbocycles. The maximum absolute atomic E-state index is 4.24. The minimum Gasteiger partial charge on any atom is -0.0654 e. The molecule has 17 heavy (non-hydrogen) atoms. The molecule has 0 nitrogen and oxygen atoms in total. The fraction of sp³-hybridized carbons (Fsp3) is 0.588. The van der Waals surface area contributed by atoms with Gasteiger partial charge in [-0.05, 0) is 30.2 Å². The molecular formula is C17H27. The van der Waals surface area contributed by atoms with Crippen LogP contribution in [0, 0.1) is 6.92 Å². The Hall–Kier alpha value is -0.780. The first-order chi connectivity index (χ1) is 8.29. The van der Waals surface area contributed by atoms with Gasteiger partial charge in [-0.3, -0.25) is 0 Å². The Morgan fingerprint density at radius 1 is 0.941 bits per heavy atom. The van der Waals surface area contributed by atoms with E-state index in [0.717, 1.165) is 6.42 Å². The summed E-state index contributed by atoms with van der Waals surface area (Å²) in [4.78, 5) is 0. The normalized spacial score (nSPS) is 11.7. The second kappa shape index (κ2) is 7.53. The Kier molecular flexibility index (Phi) is 6.32. The van der Waals surface area contributed by atoms with Crippen LogP contribution in [0.25, 0.3) is 0 Å². The smallest absolute Gasteiger partial charge is 0.00470 e. The van der Waals surface area contributed by atoms with Gasteiger partial charge in [0.05, 0.1) is 0 Å². The molecule has 0 bridgehead atoms. The Bertz CT molecular complexity index is 278. The molecule has 0 amide bonds. The van der Waals surface area contributed by atoms with Gasteiger partial charge in [0.1, 0.15) is 0 Å². The number of hydrogen-bond acceptors (Lipinski definition) is 0. The fourth-order valence-corrected chi connectivity index (χ4v) is 2.63. The SMILES string of the molecule is [CH2]CC(CCCC)(CCCC)c1ccccc1. The van der Waals surface area contributed by atoms with Crippen molar-refractivity contribution in [3.63, 3.8) is 0 Å². The molecule has 0 aliphatic carbocycles. The third-order valence-corrected chi connectivity index (χ3v) is 3.88. The third kappa shape index (κ3) is 3.87. The minimum atomic E-state index is 0.327. The molecule has 0 aromatic heterocycles. The highest BCUT2D eigenvalue weighted by Gasteiger charge is 2.28. The average molecular weight is 231 g/mol. The molecule has 0 fully saturated rings. The summed E-state index contributed by atoms with van der Waals surface area (Å²) in [5.41, 5.74) is 1.82. The predicted molar refractivity (Wildman–Crippen MR) is 77.1 cm³/mol. The van der Waals surface area contributed by atoms with Gasteiger partial charge in [-0.2, -0.15) is 0 Å². The van der Waals surface area contributed by atoms with Gasteiger partial charge in [0.2, 0.25) is 0 Å². The van der Waals surface area contributed by atoms with Gasteiger partial charge in [-0.15, -0.1) is 0 Å². The molecule has 0 saturated heterocycles. The molecule has 0 atom stereocenters. The fourth-order valence-electron chi connectivity index (χ4n) is 2.63. The van der Waals surface area contributed by atoms with Crippen LogP contribution in [-0.4, -0.2) is 0 Å². The zero-order chi connectivity index (χ0) is 12.6. The highest BCUT2D eigenvalue weighted by atomic mass is 14.3. The Morgan fingerprint density at radius 3 is 1.88 bits per heavy atom. The first-order valence-corrected chi connectivity index (χ1v) is 7.14. The lowest BCUT2D eigenvalue weighted by atomic mass is 9.71. The molecule has 1 aromatic carbocycles. The van der Waals surface area contributed by atoms with Crippen LogP contribution in [0.5, 0.6) is 0 Å². The van der Waals surface area contributed by atoms with E-state index in [1.165, 1.54) is 44.1 Å². The van der Waals surface area contributed by atoms with Crippen molar-refractivity contribution >= 4 is 0 Å². The zero-order valence-corrected chi connectivity index (χ0v) is 11.5. The average Bonchev–Trinajstić information content (AvgIpc) is 2.41. The number of hydrogen-bond donors (Lipinski definition) is 0. The van der Waals surface area contributed by atoms with E-state index < -0.39 is 0 Å². The van der Waals surface area contributed by atoms with E-state index in [0.29, 0.717) is 5.41 Å². The summed E-state index contributed by atoms with van der Waals surface area (Å²) in [7, 11) is 0. The first-order valence-electron chi connectivity index (χ1n) is 7.14. The Labute approximate surface area is 107 Å². The first kappa shape index (κ1) is 14.3. The topological polar surface area (TPSA) is 0 Å². The van der Waals surface area contributed by atoms with E-state index in [1.807, 2.05) is 0 Å². The summed E-state index contributed by atoms with van der Waals surface area (Å²) in [5.74, 6) is 0. The van der Waals surface area contributed by atoms with Gasteiger partial charge in [-0.25, -0.2) is 0 Å². The lowest BCUT2D eigenvalue weighted by molar-refractivity contribution is 0.343. The Balaban J connectivity index is 2.89. The number of unbranched alkanes of at least 4 members (excludes halogenated alkanes) is 2. The molecule has 0 aliphatic heterocycles. The molecular weight excluding hydrogens is 204 g/mol. The van der Waals surface area contributed by atoms with Crippen LogP contribution in [0.15, 0.2) is 30.3 Å². The van der Waals surface area contributed by atoms with Crippen molar-refractivity contribution in [2.45, 2.75) is 64.2 Å². The molecule has 1 radical (unpaired) electrons. The molecule has 0 N–H and O–H groups in total. The monoisotopic (exact) mass is 231 g/mol. The Morgan fingerprint density at radius 2 is 1.47 bits per heavy atom. The molecule has 1 aromatic rings. The van der Waals surface area contributed by atoms with E-state index in [1.54, 1.807) is 0 Å². The largest absolute Gasteiger partial charge is 0.0654 e. The van der Waals surface area contributed by atoms with Crippen molar-refractivity contribution in [2.75, 3.05) is 0 Å². The summed E-state index contributed by atoms with van der Waals surface area (Å²) in [6, 6.07) is 11.0. The maximum atomic E-state index is 4.24. The minimum absolute atomic E-state index is 0.327. The van der Waals surface area contributed by atoms with E-state index in [9.17, 15) is 0 Å². The molecule has 0 unspecified atom stereocenters. The van der Waals surface area contributed by atoms with Gasteiger partial charge < -0.3 is 0 Å². The van der Waals surface area contributed by atoms with Crippen molar-refractivity contribution in [1.82, 2.24) is 0 Å². The van der Waals surface area contributed by atoms with E-state index in [2.05, 4.69) is 51.1 Å². The van der Waals surface area contributed by atoms with Crippen molar-refractivity contribution in [1.29, 1.82) is 0 Å². The lowest BCUT2D eigenvalue weighted by Gasteiger charge is -2.34. The number of benzene rings is 1. The van der Waals surface area contributed by atoms with Crippen LogP contribution in [0.4, 0.5) is 0 Å². The molecule has 0 heterocycles. The molecule has 95 valence electrons. The van der Waals surface area contributed by atoms with Gasteiger partial charge in [0, 0.05) is 0 Å². The summed E-state index contributed by atoms with van der Waals surface area (Å²) < 4.78 is 0. The van der Waals surface area contributed by atoms with Crippen molar-refractivity contribution in [2.24, 2.45) is 0 Å². The highest BCUT2D eigenvalue weighted by Crippen LogP contribution is 2.38. The van der Waals surface area contributed by atoms with E-state index in [-0.39, 0.29) is 0 Å².